The molecular weight excluding hydrogens is 593 g/mol. The Morgan fingerprint density at radius 3 is 2.54 bits per heavy atom. The number of fused-ring (bicyclic) bond motifs is 1. The number of para-hydroxylation sites is 1. The van der Waals surface area contributed by atoms with Gasteiger partial charge >= 0.3 is 0 Å². The first-order chi connectivity index (χ1) is 22.6. The van der Waals surface area contributed by atoms with E-state index >= 15 is 0 Å². The first-order valence-corrected chi connectivity index (χ1v) is 16.2. The summed E-state index contributed by atoms with van der Waals surface area (Å²) in [7, 11) is 0. The van der Waals surface area contributed by atoms with Crippen LogP contribution in [0.15, 0.2) is 109 Å². The predicted molar refractivity (Wildman–Crippen MR) is 181 cm³/mol. The number of hydrogen-bond acceptors (Lipinski definition) is 7. The van der Waals surface area contributed by atoms with E-state index in [1.807, 2.05) is 60.4 Å². The van der Waals surface area contributed by atoms with Crippen LogP contribution in [0.25, 0.3) is 22.4 Å². The Bertz CT molecular complexity index is 1930. The molecule has 6 aromatic rings. The highest BCUT2D eigenvalue weighted by Crippen LogP contribution is 2.35. The van der Waals surface area contributed by atoms with Gasteiger partial charge in [-0.15, -0.1) is 5.10 Å². The average Bonchev–Trinajstić information content (AvgIpc) is 3.80. The molecule has 9 heteroatoms. The van der Waals surface area contributed by atoms with Crippen LogP contribution in [0, 0.1) is 6.92 Å². The van der Waals surface area contributed by atoms with Gasteiger partial charge in [-0.25, -0.2) is 4.98 Å². The summed E-state index contributed by atoms with van der Waals surface area (Å²) < 4.78 is 12.2. The van der Waals surface area contributed by atoms with Crippen molar-refractivity contribution in [1.29, 1.82) is 0 Å². The van der Waals surface area contributed by atoms with E-state index in [1.54, 1.807) is 0 Å². The molecule has 4 aromatic carbocycles. The van der Waals surface area contributed by atoms with Crippen molar-refractivity contribution in [2.45, 2.75) is 39.0 Å². The molecule has 0 spiro atoms. The fourth-order valence-electron chi connectivity index (χ4n) is 5.93. The summed E-state index contributed by atoms with van der Waals surface area (Å²) in [5.74, 6) is 0.495. The Balaban J connectivity index is 0.984. The number of nitrogens with zero attached hydrogens (tertiary/aromatic N) is 4. The fraction of sp³-hybridized carbons (Fsp3) is 0.189. The molecule has 1 atom stereocenters. The monoisotopic (exact) mass is 626 g/mol. The van der Waals surface area contributed by atoms with Gasteiger partial charge in [-0.2, -0.15) is 0 Å². The Hall–Kier alpha value is -5.12. The van der Waals surface area contributed by atoms with Gasteiger partial charge in [0.15, 0.2) is 0 Å². The molecule has 0 fully saturated rings. The molecule has 1 amide bonds. The van der Waals surface area contributed by atoms with Gasteiger partial charge in [0, 0.05) is 54.8 Å². The molecule has 1 aliphatic heterocycles. The molecular formula is C37H34N6O2S. The third-order valence-corrected chi connectivity index (χ3v) is 8.98. The first-order valence-electron chi connectivity index (χ1n) is 15.4. The summed E-state index contributed by atoms with van der Waals surface area (Å²) in [6.45, 7) is 4.48. The van der Waals surface area contributed by atoms with Crippen LogP contribution in [0.5, 0.6) is 5.75 Å². The van der Waals surface area contributed by atoms with Crippen molar-refractivity contribution in [2.24, 2.45) is 0 Å². The summed E-state index contributed by atoms with van der Waals surface area (Å²) in [6.07, 6.45) is 4.61. The second-order valence-electron chi connectivity index (χ2n) is 11.5. The standard InChI is InChI=1S/C37H34N6O2S/c1-25-5-2-3-6-31(25)28-13-11-27(12-14-28)22-43-24-38-20-30(43)21-39-34-17-18-45-36-32(34)7-4-8-33(36)37(44)40-19-26-9-15-29(16-10-26)35-23-46-42-41-35/h2-16,20,23-24,34,39H,17-19,21-22H2,1H3,(H,40,44). The molecule has 3 heterocycles. The predicted octanol–water partition coefficient (Wildman–Crippen LogP) is 6.97. The molecule has 230 valence electrons. The summed E-state index contributed by atoms with van der Waals surface area (Å²) in [5, 5.41) is 12.8. The van der Waals surface area contributed by atoms with Gasteiger partial charge in [0.2, 0.25) is 0 Å². The molecule has 0 saturated heterocycles. The van der Waals surface area contributed by atoms with E-state index in [0.717, 1.165) is 41.0 Å². The largest absolute Gasteiger partial charge is 0.492 e. The SMILES string of the molecule is Cc1ccccc1-c1ccc(Cn2cncc2CNC2CCOc3c(C(=O)NCc4ccc(-c5csnn5)cc4)cccc32)cc1. The summed E-state index contributed by atoms with van der Waals surface area (Å²) >= 11 is 1.33. The minimum Gasteiger partial charge on any atom is -0.492 e. The van der Waals surface area contributed by atoms with Gasteiger partial charge in [0.1, 0.15) is 11.4 Å². The van der Waals surface area contributed by atoms with Gasteiger partial charge < -0.3 is 19.9 Å². The summed E-state index contributed by atoms with van der Waals surface area (Å²) in [4.78, 5) is 17.7. The van der Waals surface area contributed by atoms with Crippen molar-refractivity contribution in [3.63, 3.8) is 0 Å². The maximum Gasteiger partial charge on any atom is 0.255 e. The maximum atomic E-state index is 13.3. The molecule has 46 heavy (non-hydrogen) atoms. The summed E-state index contributed by atoms with van der Waals surface area (Å²) in [5.41, 5.74) is 10.5. The number of nitrogens with one attached hydrogen (secondary N) is 2. The van der Waals surface area contributed by atoms with Crippen molar-refractivity contribution in [2.75, 3.05) is 6.61 Å². The topological polar surface area (TPSA) is 94.0 Å². The van der Waals surface area contributed by atoms with Gasteiger partial charge in [-0.3, -0.25) is 4.79 Å². The number of hydrogen-bond donors (Lipinski definition) is 2. The Morgan fingerprint density at radius 2 is 1.74 bits per heavy atom. The Labute approximate surface area is 272 Å². The normalized spacial score (nSPS) is 14.0. The van der Waals surface area contributed by atoms with Gasteiger partial charge in [0.05, 0.1) is 24.2 Å². The van der Waals surface area contributed by atoms with Crippen molar-refractivity contribution in [3.05, 3.63) is 142 Å². The first kappa shape index (κ1) is 29.6. The lowest BCUT2D eigenvalue weighted by Gasteiger charge is -2.28. The molecule has 1 unspecified atom stereocenters. The lowest BCUT2D eigenvalue weighted by Crippen LogP contribution is -2.30. The van der Waals surface area contributed by atoms with Crippen LogP contribution < -0.4 is 15.4 Å². The zero-order chi connectivity index (χ0) is 31.3. The maximum absolute atomic E-state index is 13.3. The lowest BCUT2D eigenvalue weighted by atomic mass is 9.97. The number of ether oxygens (including phenoxy) is 1. The van der Waals surface area contributed by atoms with Gasteiger partial charge in [-0.05, 0) is 52.3 Å². The smallest absolute Gasteiger partial charge is 0.255 e. The number of benzene rings is 4. The van der Waals surface area contributed by atoms with E-state index in [-0.39, 0.29) is 11.9 Å². The van der Waals surface area contributed by atoms with Gasteiger partial charge in [-0.1, -0.05) is 89.4 Å². The highest BCUT2D eigenvalue weighted by molar-refractivity contribution is 7.03. The minimum atomic E-state index is -0.156. The molecule has 1 aliphatic rings. The van der Waals surface area contributed by atoms with E-state index in [4.69, 9.17) is 4.74 Å². The van der Waals surface area contributed by atoms with Crippen LogP contribution in [0.1, 0.15) is 50.8 Å². The number of carbonyl (C=O) groups excluding carboxylic acids is 1. The third-order valence-electron chi connectivity index (χ3n) is 8.47. The fourth-order valence-corrected chi connectivity index (χ4v) is 6.39. The number of aromatic nitrogens is 4. The highest BCUT2D eigenvalue weighted by atomic mass is 32.1. The van der Waals surface area contributed by atoms with E-state index in [9.17, 15) is 4.79 Å². The number of aryl methyl sites for hydroxylation is 1. The quantitative estimate of drug-likeness (QED) is 0.171. The second kappa shape index (κ2) is 13.5. The van der Waals surface area contributed by atoms with Crippen molar-refractivity contribution >= 4 is 17.4 Å². The van der Waals surface area contributed by atoms with Crippen molar-refractivity contribution < 1.29 is 9.53 Å². The van der Waals surface area contributed by atoms with E-state index < -0.39 is 0 Å². The second-order valence-corrected chi connectivity index (χ2v) is 12.1. The van der Waals surface area contributed by atoms with Crippen molar-refractivity contribution in [1.82, 2.24) is 29.8 Å². The molecule has 0 aliphatic carbocycles. The van der Waals surface area contributed by atoms with Crippen LogP contribution >= 0.6 is 11.5 Å². The molecule has 2 aromatic heterocycles. The zero-order valence-corrected chi connectivity index (χ0v) is 26.3. The van der Waals surface area contributed by atoms with Crippen LogP contribution in [0.4, 0.5) is 0 Å². The van der Waals surface area contributed by atoms with Crippen LogP contribution in [0.3, 0.4) is 0 Å². The number of imidazole rings is 1. The number of amides is 1. The van der Waals surface area contributed by atoms with Crippen LogP contribution in [0.2, 0.25) is 0 Å². The number of rotatable bonds is 10. The molecule has 7 rings (SSSR count). The molecule has 2 N–H and O–H groups in total. The number of carbonyl (C=O) groups is 1. The summed E-state index contributed by atoms with van der Waals surface area (Å²) in [6, 6.07) is 31.1. The average molecular weight is 627 g/mol. The van der Waals surface area contributed by atoms with Crippen molar-refractivity contribution in [3.8, 4) is 28.1 Å². The molecule has 0 saturated carbocycles. The Kier molecular flexibility index (Phi) is 8.67. The lowest BCUT2D eigenvalue weighted by molar-refractivity contribution is 0.0945. The highest BCUT2D eigenvalue weighted by Gasteiger charge is 2.26. The molecule has 0 radical (unpaired) electrons. The van der Waals surface area contributed by atoms with Gasteiger partial charge in [0.25, 0.3) is 5.91 Å². The zero-order valence-electron chi connectivity index (χ0n) is 25.5. The van der Waals surface area contributed by atoms with E-state index in [1.165, 1.54) is 33.8 Å². The van der Waals surface area contributed by atoms with E-state index in [0.29, 0.717) is 31.0 Å². The van der Waals surface area contributed by atoms with Crippen LogP contribution in [-0.4, -0.2) is 31.7 Å². The molecule has 0 bridgehead atoms. The molecule has 8 nitrogen and oxygen atoms in total. The third kappa shape index (κ3) is 6.47. The minimum absolute atomic E-state index is 0.0565. The Morgan fingerprint density at radius 1 is 0.935 bits per heavy atom. The van der Waals surface area contributed by atoms with Crippen LogP contribution in [-0.2, 0) is 19.6 Å². The van der Waals surface area contributed by atoms with E-state index in [2.05, 4.69) is 85.2 Å².